The maximum Gasteiger partial charge on any atom is 0.416 e. The second kappa shape index (κ2) is 8.58. The smallest absolute Gasteiger partial charge is 0.416 e. The summed E-state index contributed by atoms with van der Waals surface area (Å²) in [6, 6.07) is 8.03. The van der Waals surface area contributed by atoms with Crippen molar-refractivity contribution in [3.05, 3.63) is 47.5 Å². The monoisotopic (exact) mass is 421 g/mol. The second-order valence-corrected chi connectivity index (χ2v) is 8.34. The van der Waals surface area contributed by atoms with Crippen molar-refractivity contribution in [2.24, 2.45) is 11.8 Å². The van der Waals surface area contributed by atoms with E-state index >= 15 is 0 Å². The zero-order valence-electron chi connectivity index (χ0n) is 17.0. The highest BCUT2D eigenvalue weighted by atomic mass is 19.4. The highest BCUT2D eigenvalue weighted by molar-refractivity contribution is 5.82. The molecule has 1 atom stereocenters. The number of carbonyl (C=O) groups is 1. The molecule has 0 bridgehead atoms. The van der Waals surface area contributed by atoms with Crippen LogP contribution in [0.5, 0.6) is 5.75 Å². The van der Waals surface area contributed by atoms with Crippen LogP contribution in [0.2, 0.25) is 0 Å². The zero-order valence-corrected chi connectivity index (χ0v) is 17.0. The van der Waals surface area contributed by atoms with Crippen molar-refractivity contribution in [1.82, 2.24) is 0 Å². The van der Waals surface area contributed by atoms with Crippen LogP contribution in [0.3, 0.4) is 0 Å². The molecule has 1 fully saturated rings. The number of hydrogen-bond acceptors (Lipinski definition) is 3. The molecule has 4 nitrogen and oxygen atoms in total. The third-order valence-corrected chi connectivity index (χ3v) is 5.23. The number of ether oxygens (including phenoxy) is 1. The molecule has 162 valence electrons. The summed E-state index contributed by atoms with van der Waals surface area (Å²) in [6.45, 7) is 4.35. The lowest BCUT2D eigenvalue weighted by atomic mass is 9.87. The summed E-state index contributed by atoms with van der Waals surface area (Å²) in [6.07, 6.45) is -1.87. The molecular formula is C23H26F3NO3. The van der Waals surface area contributed by atoms with Crippen molar-refractivity contribution < 1.29 is 27.8 Å². The molecule has 2 aromatic carbocycles. The number of carboxylic acids is 1. The van der Waals surface area contributed by atoms with E-state index in [0.717, 1.165) is 25.0 Å². The lowest BCUT2D eigenvalue weighted by molar-refractivity contribution is -0.139. The van der Waals surface area contributed by atoms with Crippen molar-refractivity contribution in [2.75, 3.05) is 12.3 Å². The summed E-state index contributed by atoms with van der Waals surface area (Å²) in [7, 11) is 0. The highest BCUT2D eigenvalue weighted by Crippen LogP contribution is 2.41. The normalized spacial score (nSPS) is 15.3. The Morgan fingerprint density at radius 3 is 2.33 bits per heavy atom. The predicted octanol–water partition coefficient (Wildman–Crippen LogP) is 5.96. The van der Waals surface area contributed by atoms with Crippen molar-refractivity contribution in [3.63, 3.8) is 0 Å². The molecule has 2 aromatic rings. The number of anilines is 1. The number of benzene rings is 2. The summed E-state index contributed by atoms with van der Waals surface area (Å²) in [5, 5.41) is 9.71. The summed E-state index contributed by atoms with van der Waals surface area (Å²) >= 11 is 0. The van der Waals surface area contributed by atoms with E-state index in [1.165, 1.54) is 12.1 Å². The standard InChI is InChI=1S/C23H26F3NO3/c1-13(2)9-19(22(28)29)16-10-18(15-5-7-17(8-6-15)23(24,25)26)21(20(27)11-16)30-12-14-3-4-14/h5-8,10-11,13-14,19H,3-4,9,12,27H2,1-2H3,(H,28,29). The Balaban J connectivity index is 2.06. The van der Waals surface area contributed by atoms with Gasteiger partial charge in [0.15, 0.2) is 0 Å². The van der Waals surface area contributed by atoms with Crippen LogP contribution >= 0.6 is 0 Å². The zero-order chi connectivity index (χ0) is 22.1. The Kier molecular flexibility index (Phi) is 6.29. The molecule has 1 aliphatic carbocycles. The minimum absolute atomic E-state index is 0.146. The SMILES string of the molecule is CC(C)CC(C(=O)O)c1cc(N)c(OCC2CC2)c(-c2ccc(C(F)(F)F)cc2)c1. The van der Waals surface area contributed by atoms with E-state index in [1.54, 1.807) is 12.1 Å². The van der Waals surface area contributed by atoms with Gasteiger partial charge in [0.05, 0.1) is 23.8 Å². The molecule has 0 amide bonds. The molecule has 1 aliphatic rings. The number of hydrogen-bond donors (Lipinski definition) is 2. The summed E-state index contributed by atoms with van der Waals surface area (Å²) in [5.41, 5.74) is 7.30. The molecule has 0 aliphatic heterocycles. The van der Waals surface area contributed by atoms with Gasteiger partial charge in [-0.25, -0.2) is 0 Å². The first-order valence-electron chi connectivity index (χ1n) is 10.0. The van der Waals surface area contributed by atoms with Crippen LogP contribution in [-0.2, 0) is 11.0 Å². The van der Waals surface area contributed by atoms with Crippen LogP contribution < -0.4 is 10.5 Å². The quantitative estimate of drug-likeness (QED) is 0.516. The number of halogens is 3. The Hall–Kier alpha value is -2.70. The summed E-state index contributed by atoms with van der Waals surface area (Å²) < 4.78 is 44.8. The first-order valence-corrected chi connectivity index (χ1v) is 10.0. The highest BCUT2D eigenvalue weighted by Gasteiger charge is 2.31. The van der Waals surface area contributed by atoms with Crippen LogP contribution in [0.25, 0.3) is 11.1 Å². The van der Waals surface area contributed by atoms with Gasteiger partial charge in [0.25, 0.3) is 0 Å². The molecular weight excluding hydrogens is 395 g/mol. The third kappa shape index (κ3) is 5.26. The lowest BCUT2D eigenvalue weighted by Gasteiger charge is -2.20. The fraction of sp³-hybridized carbons (Fsp3) is 0.435. The van der Waals surface area contributed by atoms with Gasteiger partial charge < -0.3 is 15.6 Å². The van der Waals surface area contributed by atoms with Crippen molar-refractivity contribution in [3.8, 4) is 16.9 Å². The van der Waals surface area contributed by atoms with Crippen LogP contribution in [0.1, 0.15) is 50.2 Å². The van der Waals surface area contributed by atoms with Crippen LogP contribution in [0.15, 0.2) is 36.4 Å². The Morgan fingerprint density at radius 2 is 1.83 bits per heavy atom. The molecule has 3 N–H and O–H groups in total. The van der Waals surface area contributed by atoms with Gasteiger partial charge in [0, 0.05) is 5.56 Å². The van der Waals surface area contributed by atoms with E-state index in [2.05, 4.69) is 0 Å². The van der Waals surface area contributed by atoms with Crippen molar-refractivity contribution in [1.29, 1.82) is 0 Å². The minimum Gasteiger partial charge on any atom is -0.490 e. The van der Waals surface area contributed by atoms with Crippen molar-refractivity contribution >= 4 is 11.7 Å². The molecule has 7 heteroatoms. The number of aliphatic carboxylic acids is 1. The van der Waals surface area contributed by atoms with E-state index in [-0.39, 0.29) is 11.6 Å². The Bertz CT molecular complexity index is 903. The van der Waals surface area contributed by atoms with E-state index in [1.807, 2.05) is 13.8 Å². The number of alkyl halides is 3. The maximum absolute atomic E-state index is 13.0. The van der Waals surface area contributed by atoms with Gasteiger partial charge in [-0.05, 0) is 66.5 Å². The second-order valence-electron chi connectivity index (χ2n) is 8.34. The van der Waals surface area contributed by atoms with Gasteiger partial charge in [0.1, 0.15) is 5.75 Å². The van der Waals surface area contributed by atoms with Crippen LogP contribution in [-0.4, -0.2) is 17.7 Å². The van der Waals surface area contributed by atoms with Crippen LogP contribution in [0.4, 0.5) is 18.9 Å². The largest absolute Gasteiger partial charge is 0.490 e. The minimum atomic E-state index is -4.43. The molecule has 3 rings (SSSR count). The first-order chi connectivity index (χ1) is 14.1. The molecule has 30 heavy (non-hydrogen) atoms. The number of nitrogens with two attached hydrogens (primary N) is 1. The van der Waals surface area contributed by atoms with E-state index in [0.29, 0.717) is 41.4 Å². The molecule has 0 heterocycles. The van der Waals surface area contributed by atoms with E-state index in [4.69, 9.17) is 10.5 Å². The average molecular weight is 421 g/mol. The predicted molar refractivity (Wildman–Crippen MR) is 109 cm³/mol. The van der Waals surface area contributed by atoms with Gasteiger partial charge in [-0.3, -0.25) is 4.79 Å². The number of nitrogen functional groups attached to an aromatic ring is 1. The molecule has 1 saturated carbocycles. The topological polar surface area (TPSA) is 72.5 Å². The van der Waals surface area contributed by atoms with Gasteiger partial charge in [0.2, 0.25) is 0 Å². The van der Waals surface area contributed by atoms with Gasteiger partial charge in [-0.1, -0.05) is 26.0 Å². The van der Waals surface area contributed by atoms with Crippen LogP contribution in [0, 0.1) is 11.8 Å². The van der Waals surface area contributed by atoms with Gasteiger partial charge >= 0.3 is 12.1 Å². The van der Waals surface area contributed by atoms with Crippen molar-refractivity contribution in [2.45, 2.75) is 45.2 Å². The van der Waals surface area contributed by atoms with Gasteiger partial charge in [-0.2, -0.15) is 13.2 Å². The number of rotatable bonds is 8. The Labute approximate surface area is 173 Å². The first kappa shape index (κ1) is 22.0. The average Bonchev–Trinajstić information content (AvgIpc) is 3.48. The summed E-state index contributed by atoms with van der Waals surface area (Å²) in [5.74, 6) is -0.741. The van der Waals surface area contributed by atoms with Gasteiger partial charge in [-0.15, -0.1) is 0 Å². The molecule has 0 aromatic heterocycles. The Morgan fingerprint density at radius 1 is 1.20 bits per heavy atom. The van der Waals surface area contributed by atoms with E-state index < -0.39 is 23.6 Å². The summed E-state index contributed by atoms with van der Waals surface area (Å²) in [4.78, 5) is 11.9. The third-order valence-electron chi connectivity index (χ3n) is 5.23. The fourth-order valence-corrected chi connectivity index (χ4v) is 3.43. The molecule has 0 spiro atoms. The van der Waals surface area contributed by atoms with E-state index in [9.17, 15) is 23.1 Å². The molecule has 0 saturated heterocycles. The molecule has 1 unspecified atom stereocenters. The lowest BCUT2D eigenvalue weighted by Crippen LogP contribution is -2.15. The maximum atomic E-state index is 13.0. The number of carboxylic acid groups (broad SMARTS) is 1. The fourth-order valence-electron chi connectivity index (χ4n) is 3.43. The molecule has 0 radical (unpaired) electrons.